The SMILES string of the molecule is O=[N+]([O-])c1ccc2c(cnn2Cc2nnc(Nc3ccc(Br)cc3)s2)c1. The standard InChI is InChI=1S/C16H11BrN6O2S/c17-11-1-3-12(4-2-11)19-16-21-20-15(26-16)9-22-14-6-5-13(23(24)25)7-10(14)8-18-22/h1-8H,9H2,(H,19,21). The zero-order valence-corrected chi connectivity index (χ0v) is 15.6. The maximum Gasteiger partial charge on any atom is 0.270 e. The van der Waals surface area contributed by atoms with E-state index in [0.29, 0.717) is 11.7 Å². The fourth-order valence-corrected chi connectivity index (χ4v) is 3.47. The summed E-state index contributed by atoms with van der Waals surface area (Å²) in [7, 11) is 0. The van der Waals surface area contributed by atoms with E-state index in [1.807, 2.05) is 24.3 Å². The van der Waals surface area contributed by atoms with E-state index < -0.39 is 4.92 Å². The Morgan fingerprint density at radius 1 is 1.19 bits per heavy atom. The Bertz CT molecular complexity index is 1090. The Morgan fingerprint density at radius 2 is 2.00 bits per heavy atom. The predicted octanol–water partition coefficient (Wildman–Crippen LogP) is 4.35. The van der Waals surface area contributed by atoms with Crippen LogP contribution in [0.25, 0.3) is 10.9 Å². The molecule has 2 heterocycles. The van der Waals surface area contributed by atoms with Gasteiger partial charge in [-0.15, -0.1) is 10.2 Å². The number of fused-ring (bicyclic) bond motifs is 1. The molecule has 130 valence electrons. The van der Waals surface area contributed by atoms with Crippen molar-refractivity contribution in [1.29, 1.82) is 0 Å². The number of halogens is 1. The molecule has 0 aliphatic carbocycles. The largest absolute Gasteiger partial charge is 0.330 e. The molecule has 2 aromatic carbocycles. The van der Waals surface area contributed by atoms with Gasteiger partial charge in [0.1, 0.15) is 5.01 Å². The van der Waals surface area contributed by atoms with Crippen molar-refractivity contribution in [2.75, 3.05) is 5.32 Å². The number of nitro groups is 1. The molecule has 26 heavy (non-hydrogen) atoms. The molecule has 0 aliphatic heterocycles. The van der Waals surface area contributed by atoms with Crippen LogP contribution in [0, 0.1) is 10.1 Å². The van der Waals surface area contributed by atoms with Gasteiger partial charge >= 0.3 is 0 Å². The number of hydrogen-bond donors (Lipinski definition) is 1. The number of hydrogen-bond acceptors (Lipinski definition) is 7. The van der Waals surface area contributed by atoms with Crippen molar-refractivity contribution in [1.82, 2.24) is 20.0 Å². The van der Waals surface area contributed by atoms with Crippen LogP contribution in [-0.4, -0.2) is 24.9 Å². The fourth-order valence-electron chi connectivity index (χ4n) is 2.47. The molecule has 4 aromatic rings. The Morgan fingerprint density at radius 3 is 2.77 bits per heavy atom. The summed E-state index contributed by atoms with van der Waals surface area (Å²) >= 11 is 4.83. The second kappa shape index (κ2) is 6.81. The first kappa shape index (κ1) is 16.6. The van der Waals surface area contributed by atoms with E-state index in [9.17, 15) is 10.1 Å². The number of nitrogens with one attached hydrogen (secondary N) is 1. The summed E-state index contributed by atoms with van der Waals surface area (Å²) in [6.45, 7) is 0.445. The van der Waals surface area contributed by atoms with Crippen molar-refractivity contribution in [3.63, 3.8) is 0 Å². The molecule has 0 aliphatic rings. The van der Waals surface area contributed by atoms with Gasteiger partial charge in [-0.2, -0.15) is 5.10 Å². The summed E-state index contributed by atoms with van der Waals surface area (Å²) in [6.07, 6.45) is 1.62. The number of anilines is 2. The van der Waals surface area contributed by atoms with Gasteiger partial charge in [-0.1, -0.05) is 27.3 Å². The molecule has 0 spiro atoms. The highest BCUT2D eigenvalue weighted by Gasteiger charge is 2.12. The molecule has 0 radical (unpaired) electrons. The average molecular weight is 431 g/mol. The smallest absolute Gasteiger partial charge is 0.270 e. The van der Waals surface area contributed by atoms with E-state index in [0.717, 1.165) is 26.1 Å². The molecule has 10 heteroatoms. The van der Waals surface area contributed by atoms with Crippen LogP contribution in [-0.2, 0) is 6.54 Å². The van der Waals surface area contributed by atoms with Gasteiger partial charge in [0.25, 0.3) is 5.69 Å². The molecule has 2 aromatic heterocycles. The molecule has 0 amide bonds. The van der Waals surface area contributed by atoms with Gasteiger partial charge in [0.2, 0.25) is 5.13 Å². The molecule has 0 saturated carbocycles. The first-order valence-electron chi connectivity index (χ1n) is 7.53. The third kappa shape index (κ3) is 3.41. The quantitative estimate of drug-likeness (QED) is 0.373. The molecule has 0 atom stereocenters. The van der Waals surface area contributed by atoms with Gasteiger partial charge < -0.3 is 5.32 Å². The maximum atomic E-state index is 10.9. The molecule has 4 rings (SSSR count). The number of non-ortho nitro benzene ring substituents is 1. The van der Waals surface area contributed by atoms with Crippen molar-refractivity contribution in [3.05, 3.63) is 68.3 Å². The van der Waals surface area contributed by atoms with Crippen LogP contribution < -0.4 is 5.32 Å². The Labute approximate surface area is 159 Å². The number of nitrogens with zero attached hydrogens (tertiary/aromatic N) is 5. The van der Waals surface area contributed by atoms with Crippen molar-refractivity contribution >= 4 is 54.7 Å². The lowest BCUT2D eigenvalue weighted by molar-refractivity contribution is -0.384. The minimum absolute atomic E-state index is 0.0500. The highest BCUT2D eigenvalue weighted by Crippen LogP contribution is 2.25. The van der Waals surface area contributed by atoms with Crippen molar-refractivity contribution in [2.45, 2.75) is 6.54 Å². The van der Waals surface area contributed by atoms with Gasteiger partial charge in [0, 0.05) is 27.7 Å². The van der Waals surface area contributed by atoms with Crippen LogP contribution in [0.4, 0.5) is 16.5 Å². The van der Waals surface area contributed by atoms with Crippen LogP contribution in [0.2, 0.25) is 0 Å². The second-order valence-electron chi connectivity index (χ2n) is 5.44. The molecule has 0 bridgehead atoms. The Balaban J connectivity index is 1.53. The topological polar surface area (TPSA) is 98.8 Å². The lowest BCUT2D eigenvalue weighted by atomic mass is 10.2. The number of aromatic nitrogens is 4. The zero-order valence-electron chi connectivity index (χ0n) is 13.2. The molecule has 0 fully saturated rings. The second-order valence-corrected chi connectivity index (χ2v) is 7.41. The Hall–Kier alpha value is -2.85. The molecular formula is C16H11BrN6O2S. The average Bonchev–Trinajstić information content (AvgIpc) is 3.24. The number of nitro benzene ring substituents is 1. The van der Waals surface area contributed by atoms with Crippen LogP contribution in [0.5, 0.6) is 0 Å². The summed E-state index contributed by atoms with van der Waals surface area (Å²) in [5.41, 5.74) is 1.79. The molecule has 0 saturated heterocycles. The summed E-state index contributed by atoms with van der Waals surface area (Å²) in [4.78, 5) is 10.5. The first-order chi connectivity index (χ1) is 12.6. The van der Waals surface area contributed by atoms with E-state index in [1.54, 1.807) is 16.9 Å². The van der Waals surface area contributed by atoms with E-state index >= 15 is 0 Å². The van der Waals surface area contributed by atoms with Crippen molar-refractivity contribution in [3.8, 4) is 0 Å². The summed E-state index contributed by atoms with van der Waals surface area (Å²) in [5, 5.41) is 28.9. The van der Waals surface area contributed by atoms with Gasteiger partial charge in [-0.3, -0.25) is 14.8 Å². The molecular weight excluding hydrogens is 420 g/mol. The van der Waals surface area contributed by atoms with Crippen LogP contribution in [0.1, 0.15) is 5.01 Å². The third-order valence-electron chi connectivity index (χ3n) is 3.68. The first-order valence-corrected chi connectivity index (χ1v) is 9.14. The zero-order chi connectivity index (χ0) is 18.1. The summed E-state index contributed by atoms with van der Waals surface area (Å²) in [6, 6.07) is 12.5. The maximum absolute atomic E-state index is 10.9. The monoisotopic (exact) mass is 430 g/mol. The van der Waals surface area contributed by atoms with Gasteiger partial charge in [-0.25, -0.2) is 0 Å². The van der Waals surface area contributed by atoms with Crippen LogP contribution in [0.15, 0.2) is 53.1 Å². The minimum atomic E-state index is -0.415. The summed E-state index contributed by atoms with van der Waals surface area (Å²) in [5.74, 6) is 0. The van der Waals surface area contributed by atoms with Crippen LogP contribution in [0.3, 0.4) is 0 Å². The van der Waals surface area contributed by atoms with Gasteiger partial charge in [-0.05, 0) is 30.3 Å². The number of rotatable bonds is 5. The van der Waals surface area contributed by atoms with E-state index in [2.05, 4.69) is 36.5 Å². The predicted molar refractivity (Wildman–Crippen MR) is 103 cm³/mol. The lowest BCUT2D eigenvalue weighted by Gasteiger charge is -2.01. The van der Waals surface area contributed by atoms with E-state index in [1.165, 1.54) is 23.5 Å². The molecule has 1 N–H and O–H groups in total. The third-order valence-corrected chi connectivity index (χ3v) is 5.04. The summed E-state index contributed by atoms with van der Waals surface area (Å²) < 4.78 is 2.76. The number of benzene rings is 2. The van der Waals surface area contributed by atoms with Crippen LogP contribution >= 0.6 is 27.3 Å². The minimum Gasteiger partial charge on any atom is -0.330 e. The van der Waals surface area contributed by atoms with Crippen molar-refractivity contribution < 1.29 is 4.92 Å². The van der Waals surface area contributed by atoms with Gasteiger partial charge in [0.05, 0.1) is 23.2 Å². The highest BCUT2D eigenvalue weighted by molar-refractivity contribution is 9.10. The molecule has 0 unspecified atom stereocenters. The van der Waals surface area contributed by atoms with Crippen molar-refractivity contribution in [2.24, 2.45) is 0 Å². The molecule has 8 nitrogen and oxygen atoms in total. The Kier molecular flexibility index (Phi) is 4.35. The highest BCUT2D eigenvalue weighted by atomic mass is 79.9. The fraction of sp³-hybridized carbons (Fsp3) is 0.0625. The van der Waals surface area contributed by atoms with E-state index in [-0.39, 0.29) is 5.69 Å². The van der Waals surface area contributed by atoms with Gasteiger partial charge in [0.15, 0.2) is 0 Å². The normalized spacial score (nSPS) is 11.0. The van der Waals surface area contributed by atoms with E-state index in [4.69, 9.17) is 0 Å². The lowest BCUT2D eigenvalue weighted by Crippen LogP contribution is -2.01.